The summed E-state index contributed by atoms with van der Waals surface area (Å²) in [6.07, 6.45) is 3.29. The van der Waals surface area contributed by atoms with Gasteiger partial charge in [0.05, 0.1) is 13.1 Å². The van der Waals surface area contributed by atoms with E-state index in [9.17, 15) is 9.18 Å². The molecule has 31 heavy (non-hydrogen) atoms. The number of amides is 1. The lowest BCUT2D eigenvalue weighted by atomic mass is 9.92. The van der Waals surface area contributed by atoms with Crippen molar-refractivity contribution >= 4 is 22.2 Å². The number of likely N-dealkylation sites (tertiary alicyclic amines) is 1. The van der Waals surface area contributed by atoms with E-state index in [-0.39, 0.29) is 17.8 Å². The third-order valence-corrected chi connectivity index (χ3v) is 7.47. The van der Waals surface area contributed by atoms with Gasteiger partial charge in [0.25, 0.3) is 5.91 Å². The van der Waals surface area contributed by atoms with Gasteiger partial charge in [0.2, 0.25) is 0 Å². The third kappa shape index (κ3) is 5.05. The Hall–Kier alpha value is -2.50. The first-order valence-electron chi connectivity index (χ1n) is 11.1. The summed E-state index contributed by atoms with van der Waals surface area (Å²) in [4.78, 5) is 15.7. The summed E-state index contributed by atoms with van der Waals surface area (Å²) in [7, 11) is 0. The Morgan fingerprint density at radius 1 is 1.13 bits per heavy atom. The van der Waals surface area contributed by atoms with E-state index in [2.05, 4.69) is 25.2 Å². The van der Waals surface area contributed by atoms with Gasteiger partial charge in [-0.1, -0.05) is 32.0 Å². The van der Waals surface area contributed by atoms with Crippen LogP contribution >= 0.6 is 11.3 Å². The van der Waals surface area contributed by atoms with Crippen LogP contribution in [0.2, 0.25) is 0 Å². The Morgan fingerprint density at radius 3 is 2.45 bits per heavy atom. The van der Waals surface area contributed by atoms with E-state index < -0.39 is 0 Å². The Morgan fingerprint density at radius 2 is 1.81 bits per heavy atom. The molecule has 0 spiro atoms. The molecule has 2 aromatic carbocycles. The monoisotopic (exact) mass is 437 g/mol. The minimum absolute atomic E-state index is 0.0794. The number of rotatable bonds is 6. The molecule has 3 nitrogen and oxygen atoms in total. The van der Waals surface area contributed by atoms with Crippen LogP contribution in [-0.2, 0) is 6.42 Å². The zero-order valence-corrected chi connectivity index (χ0v) is 19.0. The van der Waals surface area contributed by atoms with Crippen molar-refractivity contribution in [2.75, 3.05) is 18.4 Å². The summed E-state index contributed by atoms with van der Waals surface area (Å²) in [6, 6.07) is 18.5. The van der Waals surface area contributed by atoms with E-state index in [1.165, 1.54) is 22.6 Å². The number of thiophene rings is 1. The van der Waals surface area contributed by atoms with Crippen molar-refractivity contribution in [3.05, 3.63) is 88.0 Å². The molecule has 1 amide bonds. The number of nitrogens with one attached hydrogen (secondary N) is 2. The first kappa shape index (κ1) is 21.7. The molecule has 162 valence electrons. The van der Waals surface area contributed by atoms with Crippen molar-refractivity contribution in [2.24, 2.45) is 5.92 Å². The molecule has 1 saturated heterocycles. The largest absolute Gasteiger partial charge is 0.325 e. The average Bonchev–Trinajstić information content (AvgIpc) is 3.19. The molecule has 1 fully saturated rings. The molecule has 3 aromatic rings. The summed E-state index contributed by atoms with van der Waals surface area (Å²) in [5, 5.41) is 4.09. The van der Waals surface area contributed by atoms with E-state index >= 15 is 0 Å². The molecular weight excluding hydrogens is 407 g/mol. The quantitative estimate of drug-likeness (QED) is 0.552. The summed E-state index contributed by atoms with van der Waals surface area (Å²) in [6.45, 7) is 6.61. The topological polar surface area (TPSA) is 33.5 Å². The van der Waals surface area contributed by atoms with Crippen molar-refractivity contribution in [2.45, 2.75) is 39.2 Å². The molecule has 2 N–H and O–H groups in total. The van der Waals surface area contributed by atoms with Gasteiger partial charge in [0.1, 0.15) is 16.9 Å². The minimum Gasteiger partial charge on any atom is -0.325 e. The van der Waals surface area contributed by atoms with Gasteiger partial charge in [-0.05, 0) is 67.6 Å². The molecule has 0 bridgehead atoms. The van der Waals surface area contributed by atoms with Crippen LogP contribution in [0.15, 0.2) is 60.7 Å². The highest BCUT2D eigenvalue weighted by molar-refractivity contribution is 7.16. The number of hydrogen-bond acceptors (Lipinski definition) is 2. The van der Waals surface area contributed by atoms with Gasteiger partial charge >= 0.3 is 0 Å². The van der Waals surface area contributed by atoms with Gasteiger partial charge < -0.3 is 10.2 Å². The number of anilines is 1. The highest BCUT2D eigenvalue weighted by Gasteiger charge is 2.33. The molecule has 1 aliphatic rings. The molecule has 1 atom stereocenters. The maximum Gasteiger partial charge on any atom is 0.256 e. The van der Waals surface area contributed by atoms with Gasteiger partial charge in [-0.2, -0.15) is 0 Å². The van der Waals surface area contributed by atoms with E-state index in [0.29, 0.717) is 5.56 Å². The van der Waals surface area contributed by atoms with Crippen LogP contribution in [0.1, 0.15) is 59.1 Å². The Labute approximate surface area is 187 Å². The van der Waals surface area contributed by atoms with E-state index in [1.807, 2.05) is 42.5 Å². The number of halogens is 1. The number of aryl methyl sites for hydroxylation is 1. The lowest BCUT2D eigenvalue weighted by molar-refractivity contribution is -0.931. The molecule has 1 aliphatic heterocycles. The van der Waals surface area contributed by atoms with Crippen molar-refractivity contribution in [1.82, 2.24) is 0 Å². The zero-order valence-electron chi connectivity index (χ0n) is 18.2. The Balaban J connectivity index is 1.72. The number of carbonyl (C=O) groups excluding carboxylic acids is 1. The predicted octanol–water partition coefficient (Wildman–Crippen LogP) is 5.11. The fourth-order valence-electron chi connectivity index (χ4n) is 4.42. The Kier molecular flexibility index (Phi) is 6.83. The summed E-state index contributed by atoms with van der Waals surface area (Å²) >= 11 is 1.65. The average molecular weight is 438 g/mol. The fourth-order valence-corrected chi connectivity index (χ4v) is 5.45. The van der Waals surface area contributed by atoms with Crippen molar-refractivity contribution in [1.29, 1.82) is 0 Å². The van der Waals surface area contributed by atoms with Crippen LogP contribution in [0.3, 0.4) is 0 Å². The van der Waals surface area contributed by atoms with Gasteiger partial charge in [-0.15, -0.1) is 11.3 Å². The molecule has 2 heterocycles. The maximum absolute atomic E-state index is 13.7. The number of hydrogen-bond donors (Lipinski definition) is 2. The van der Waals surface area contributed by atoms with Gasteiger partial charge in [0, 0.05) is 21.6 Å². The summed E-state index contributed by atoms with van der Waals surface area (Å²) in [5.74, 6) is 0.428. The first-order chi connectivity index (χ1) is 15.0. The number of carbonyl (C=O) groups is 1. The normalized spacial score (nSPS) is 19.7. The fraction of sp³-hybridized carbons (Fsp3) is 0.346. The molecule has 1 aromatic heterocycles. The maximum atomic E-state index is 13.7. The van der Waals surface area contributed by atoms with Crippen LogP contribution < -0.4 is 10.2 Å². The highest BCUT2D eigenvalue weighted by atomic mass is 32.1. The van der Waals surface area contributed by atoms with Crippen LogP contribution in [0.4, 0.5) is 9.39 Å². The molecule has 0 unspecified atom stereocenters. The van der Waals surface area contributed by atoms with Gasteiger partial charge in [-0.3, -0.25) is 4.79 Å². The molecule has 0 saturated carbocycles. The summed E-state index contributed by atoms with van der Waals surface area (Å²) in [5.41, 5.74) is 2.89. The second-order valence-electron chi connectivity index (χ2n) is 8.50. The third-order valence-electron chi connectivity index (χ3n) is 6.26. The zero-order chi connectivity index (χ0) is 21.8. The first-order valence-corrected chi connectivity index (χ1v) is 12.0. The molecule has 5 heteroatoms. The van der Waals surface area contributed by atoms with Gasteiger partial charge in [-0.25, -0.2) is 4.39 Å². The number of quaternary nitrogens is 1. The smallest absolute Gasteiger partial charge is 0.256 e. The minimum atomic E-state index is -0.220. The van der Waals surface area contributed by atoms with E-state index in [0.717, 1.165) is 41.6 Å². The predicted molar refractivity (Wildman–Crippen MR) is 125 cm³/mol. The van der Waals surface area contributed by atoms with Crippen LogP contribution in [-0.4, -0.2) is 19.0 Å². The van der Waals surface area contributed by atoms with Gasteiger partial charge in [0.15, 0.2) is 0 Å². The molecule has 0 aliphatic carbocycles. The van der Waals surface area contributed by atoms with Crippen molar-refractivity contribution in [3.8, 4) is 0 Å². The standard InChI is InChI=1S/C26H29FN2OS/c1-3-22-17-23(26(31-22)28-25(30)20-7-5-4-6-8-20)24(19-9-11-21(27)12-10-19)29-15-13-18(2)14-16-29/h4-12,17-18,24H,3,13-16H2,1-2H3,(H,28,30)/p+1/t24-/m0/s1. The van der Waals surface area contributed by atoms with Crippen molar-refractivity contribution in [3.63, 3.8) is 0 Å². The molecule has 4 rings (SSSR count). The second kappa shape index (κ2) is 9.75. The van der Waals surface area contributed by atoms with E-state index in [4.69, 9.17) is 0 Å². The number of benzene rings is 2. The SMILES string of the molecule is CCc1cc([C@H](c2ccc(F)cc2)[NH+]2CCC(C)CC2)c(NC(=O)c2ccccc2)s1. The lowest BCUT2D eigenvalue weighted by Gasteiger charge is -2.34. The summed E-state index contributed by atoms with van der Waals surface area (Å²) < 4.78 is 13.7. The number of piperidine rings is 1. The molecular formula is C26H30FN2OS+. The van der Waals surface area contributed by atoms with Crippen molar-refractivity contribution < 1.29 is 14.1 Å². The van der Waals surface area contributed by atoms with Crippen LogP contribution in [0.5, 0.6) is 0 Å². The molecule has 0 radical (unpaired) electrons. The van der Waals surface area contributed by atoms with Crippen LogP contribution in [0.25, 0.3) is 0 Å². The lowest BCUT2D eigenvalue weighted by Crippen LogP contribution is -3.13. The Bertz CT molecular complexity index is 1010. The van der Waals surface area contributed by atoms with E-state index in [1.54, 1.807) is 23.5 Å². The second-order valence-corrected chi connectivity index (χ2v) is 9.63. The highest BCUT2D eigenvalue weighted by Crippen LogP contribution is 2.35. The van der Waals surface area contributed by atoms with Crippen LogP contribution in [0, 0.1) is 11.7 Å².